The van der Waals surface area contributed by atoms with Crippen molar-refractivity contribution in [2.24, 2.45) is 0 Å². The predicted octanol–water partition coefficient (Wildman–Crippen LogP) is 2.25. The van der Waals surface area contributed by atoms with Crippen molar-refractivity contribution in [3.8, 4) is 0 Å². The Morgan fingerprint density at radius 3 is 2.36 bits per heavy atom. The van der Waals surface area contributed by atoms with Gasteiger partial charge in [-0.05, 0) is 52.7 Å². The van der Waals surface area contributed by atoms with E-state index in [1.165, 1.54) is 12.0 Å². The summed E-state index contributed by atoms with van der Waals surface area (Å²) < 4.78 is 6.08. The van der Waals surface area contributed by atoms with Crippen molar-refractivity contribution in [3.63, 3.8) is 0 Å². The first-order valence-corrected chi connectivity index (χ1v) is 5.53. The van der Waals surface area contributed by atoms with Crippen LogP contribution in [-0.4, -0.2) is 24.3 Å². The minimum atomic E-state index is -0.0507. The van der Waals surface area contributed by atoms with Gasteiger partial charge in [0.15, 0.2) is 0 Å². The minimum Gasteiger partial charge on any atom is -0.365 e. The second kappa shape index (κ2) is 3.07. The molecule has 2 nitrogen and oxygen atoms in total. The number of ether oxygens (including phenoxy) is 1. The zero-order valence-electron chi connectivity index (χ0n) is 9.74. The van der Waals surface area contributed by atoms with Gasteiger partial charge in [0.25, 0.3) is 0 Å². The molecular weight excluding hydrogens is 174 g/mol. The fraction of sp³-hybridized carbons (Fsp3) is 0.833. The van der Waals surface area contributed by atoms with E-state index in [0.29, 0.717) is 0 Å². The molecule has 0 amide bonds. The van der Waals surface area contributed by atoms with Gasteiger partial charge in [-0.2, -0.15) is 0 Å². The van der Waals surface area contributed by atoms with E-state index >= 15 is 0 Å². The lowest BCUT2D eigenvalue weighted by molar-refractivity contribution is -0.0568. The number of nitrogens with one attached hydrogen (secondary N) is 1. The number of hydrogen-bond donors (Lipinski definition) is 1. The highest BCUT2D eigenvalue weighted by Gasteiger charge is 2.43. The van der Waals surface area contributed by atoms with Crippen molar-refractivity contribution in [1.29, 1.82) is 0 Å². The van der Waals surface area contributed by atoms with Crippen LogP contribution in [0.2, 0.25) is 0 Å². The summed E-state index contributed by atoms with van der Waals surface area (Å²) in [7, 11) is 0. The Bertz CT molecular complexity index is 268. The average Bonchev–Trinajstić information content (AvgIpc) is 2.54. The Morgan fingerprint density at radius 1 is 1.21 bits per heavy atom. The third-order valence-corrected chi connectivity index (χ3v) is 3.23. The van der Waals surface area contributed by atoms with Crippen LogP contribution in [0, 0.1) is 0 Å². The summed E-state index contributed by atoms with van der Waals surface area (Å²) in [6.07, 6.45) is 2.30. The van der Waals surface area contributed by atoms with Crippen molar-refractivity contribution in [1.82, 2.24) is 5.32 Å². The first kappa shape index (κ1) is 10.2. The Hall–Kier alpha value is -0.340. The molecule has 0 aromatic heterocycles. The first-order valence-electron chi connectivity index (χ1n) is 5.53. The molecule has 0 saturated carbocycles. The summed E-state index contributed by atoms with van der Waals surface area (Å²) in [4.78, 5) is 0. The molecule has 14 heavy (non-hydrogen) atoms. The van der Waals surface area contributed by atoms with Crippen molar-refractivity contribution >= 4 is 0 Å². The monoisotopic (exact) mass is 195 g/mol. The summed E-state index contributed by atoms with van der Waals surface area (Å²) in [5.74, 6) is 0. The second-order valence-electron chi connectivity index (χ2n) is 5.56. The third kappa shape index (κ3) is 1.73. The molecular formula is C12H21NO. The molecule has 80 valence electrons. The van der Waals surface area contributed by atoms with Gasteiger partial charge in [-0.1, -0.05) is 5.57 Å². The zero-order valence-corrected chi connectivity index (χ0v) is 9.74. The molecule has 0 aromatic rings. The van der Waals surface area contributed by atoms with E-state index in [0.717, 1.165) is 19.5 Å². The number of rotatable bonds is 0. The summed E-state index contributed by atoms with van der Waals surface area (Å²) >= 11 is 0. The van der Waals surface area contributed by atoms with Gasteiger partial charge in [0, 0.05) is 6.54 Å². The van der Waals surface area contributed by atoms with Gasteiger partial charge >= 0.3 is 0 Å². The van der Waals surface area contributed by atoms with Gasteiger partial charge in [-0.25, -0.2) is 0 Å². The molecule has 2 aliphatic rings. The van der Waals surface area contributed by atoms with Crippen molar-refractivity contribution < 1.29 is 4.74 Å². The molecule has 0 radical (unpaired) electrons. The maximum atomic E-state index is 6.08. The largest absolute Gasteiger partial charge is 0.365 e. The van der Waals surface area contributed by atoms with Gasteiger partial charge in [0.1, 0.15) is 0 Å². The van der Waals surface area contributed by atoms with Crippen LogP contribution in [0.15, 0.2) is 11.1 Å². The van der Waals surface area contributed by atoms with Crippen LogP contribution < -0.4 is 5.32 Å². The Labute approximate surface area is 86.7 Å². The van der Waals surface area contributed by atoms with E-state index in [2.05, 4.69) is 33.0 Å². The van der Waals surface area contributed by atoms with E-state index in [1.807, 2.05) is 0 Å². The van der Waals surface area contributed by atoms with Crippen molar-refractivity contribution in [2.45, 2.75) is 51.7 Å². The van der Waals surface area contributed by atoms with Crippen LogP contribution in [-0.2, 0) is 4.74 Å². The van der Waals surface area contributed by atoms with Crippen LogP contribution in [0.25, 0.3) is 0 Å². The van der Waals surface area contributed by atoms with Gasteiger partial charge in [-0.15, -0.1) is 0 Å². The van der Waals surface area contributed by atoms with E-state index in [1.54, 1.807) is 5.57 Å². The van der Waals surface area contributed by atoms with Gasteiger partial charge < -0.3 is 10.1 Å². The Balaban J connectivity index is 2.31. The molecule has 2 saturated heterocycles. The highest BCUT2D eigenvalue weighted by atomic mass is 16.5. The lowest BCUT2D eigenvalue weighted by Gasteiger charge is -2.24. The Morgan fingerprint density at radius 2 is 1.93 bits per heavy atom. The normalized spacial score (nSPS) is 35.1. The van der Waals surface area contributed by atoms with Crippen molar-refractivity contribution in [2.75, 3.05) is 13.1 Å². The van der Waals surface area contributed by atoms with Crippen LogP contribution >= 0.6 is 0 Å². The lowest BCUT2D eigenvalue weighted by Crippen LogP contribution is -2.26. The lowest BCUT2D eigenvalue weighted by atomic mass is 9.89. The summed E-state index contributed by atoms with van der Waals surface area (Å²) in [6, 6.07) is 0. The highest BCUT2D eigenvalue weighted by molar-refractivity contribution is 5.30. The molecule has 0 bridgehead atoms. The number of hydrogen-bond acceptors (Lipinski definition) is 2. The summed E-state index contributed by atoms with van der Waals surface area (Å²) in [5, 5.41) is 3.40. The molecule has 0 aliphatic carbocycles. The SMILES string of the molecule is CC1(C)CC(=C2CCNC2)C(C)(C)O1. The Kier molecular flexibility index (Phi) is 2.24. The van der Waals surface area contributed by atoms with Crippen LogP contribution in [0.5, 0.6) is 0 Å². The average molecular weight is 195 g/mol. The molecule has 0 unspecified atom stereocenters. The smallest absolute Gasteiger partial charge is 0.0847 e. The molecule has 0 spiro atoms. The predicted molar refractivity (Wildman–Crippen MR) is 58.4 cm³/mol. The molecule has 1 N–H and O–H groups in total. The quantitative estimate of drug-likeness (QED) is 0.599. The summed E-state index contributed by atoms with van der Waals surface area (Å²) in [6.45, 7) is 11.0. The van der Waals surface area contributed by atoms with Crippen LogP contribution in [0.4, 0.5) is 0 Å². The summed E-state index contributed by atoms with van der Waals surface area (Å²) in [5.41, 5.74) is 3.09. The van der Waals surface area contributed by atoms with E-state index in [4.69, 9.17) is 4.74 Å². The first-order chi connectivity index (χ1) is 6.41. The highest BCUT2D eigenvalue weighted by Crippen LogP contribution is 2.43. The van der Waals surface area contributed by atoms with Gasteiger partial charge in [0.2, 0.25) is 0 Å². The maximum Gasteiger partial charge on any atom is 0.0847 e. The minimum absolute atomic E-state index is 0.0222. The van der Waals surface area contributed by atoms with Crippen molar-refractivity contribution in [3.05, 3.63) is 11.1 Å². The molecule has 0 aromatic carbocycles. The molecule has 2 fully saturated rings. The third-order valence-electron chi connectivity index (χ3n) is 3.23. The fourth-order valence-electron chi connectivity index (χ4n) is 2.80. The van der Waals surface area contributed by atoms with Crippen LogP contribution in [0.1, 0.15) is 40.5 Å². The molecule has 2 heteroatoms. The second-order valence-corrected chi connectivity index (χ2v) is 5.56. The fourth-order valence-corrected chi connectivity index (χ4v) is 2.80. The topological polar surface area (TPSA) is 21.3 Å². The zero-order chi connectivity index (χ0) is 10.4. The van der Waals surface area contributed by atoms with Gasteiger partial charge in [0.05, 0.1) is 11.2 Å². The van der Waals surface area contributed by atoms with Crippen LogP contribution in [0.3, 0.4) is 0 Å². The molecule has 2 aliphatic heterocycles. The standard InChI is InChI=1S/C12H21NO/c1-11(2)7-10(12(3,4)14-11)9-5-6-13-8-9/h13H,5-8H2,1-4H3. The molecule has 2 rings (SSSR count). The molecule has 0 atom stereocenters. The van der Waals surface area contributed by atoms with E-state index in [-0.39, 0.29) is 11.2 Å². The van der Waals surface area contributed by atoms with E-state index < -0.39 is 0 Å². The molecule has 2 heterocycles. The van der Waals surface area contributed by atoms with E-state index in [9.17, 15) is 0 Å². The maximum absolute atomic E-state index is 6.08. The van der Waals surface area contributed by atoms with Gasteiger partial charge in [-0.3, -0.25) is 0 Å².